The maximum absolute atomic E-state index is 13.4. The van der Waals surface area contributed by atoms with E-state index in [1.54, 1.807) is 12.1 Å². The predicted molar refractivity (Wildman–Crippen MR) is 82.3 cm³/mol. The Hall–Kier alpha value is -1.87. The first-order valence-corrected chi connectivity index (χ1v) is 6.95. The highest BCUT2D eigenvalue weighted by Gasteiger charge is 2.08. The Balaban J connectivity index is 2.16. The van der Waals surface area contributed by atoms with Crippen molar-refractivity contribution in [2.75, 3.05) is 18.0 Å². The Morgan fingerprint density at radius 2 is 1.85 bits per heavy atom. The number of nitrogens with two attached hydrogens (primary N) is 1. The summed E-state index contributed by atoms with van der Waals surface area (Å²) in [4.78, 5) is 2.17. The van der Waals surface area contributed by atoms with Crippen molar-refractivity contribution in [1.82, 2.24) is 0 Å². The molecule has 0 aliphatic carbocycles. The molecule has 2 rings (SSSR count). The fraction of sp³-hybridized carbons (Fsp3) is 0.294. The van der Waals surface area contributed by atoms with Crippen LogP contribution in [0.4, 0.5) is 10.1 Å². The average Bonchev–Trinajstić information content (AvgIpc) is 2.45. The quantitative estimate of drug-likeness (QED) is 0.872. The maximum Gasteiger partial charge on any atom is 0.125 e. The summed E-state index contributed by atoms with van der Waals surface area (Å²) < 4.78 is 13.4. The van der Waals surface area contributed by atoms with E-state index in [2.05, 4.69) is 36.1 Å². The van der Waals surface area contributed by atoms with Crippen LogP contribution in [0.3, 0.4) is 0 Å². The van der Waals surface area contributed by atoms with Crippen LogP contribution in [0.1, 0.15) is 17.5 Å². The SMILES string of the molecule is Cc1ccc(CN(CCCN)c2cccc(F)c2)cc1. The van der Waals surface area contributed by atoms with E-state index in [4.69, 9.17) is 5.73 Å². The van der Waals surface area contributed by atoms with Gasteiger partial charge in [0.1, 0.15) is 5.82 Å². The zero-order valence-corrected chi connectivity index (χ0v) is 11.8. The Bertz CT molecular complexity index is 537. The standard InChI is InChI=1S/C17H21FN2/c1-14-6-8-15(9-7-14)13-20(11-3-10-19)17-5-2-4-16(18)12-17/h2,4-9,12H,3,10-11,13,19H2,1H3. The first-order chi connectivity index (χ1) is 9.69. The van der Waals surface area contributed by atoms with E-state index in [0.29, 0.717) is 6.54 Å². The Labute approximate surface area is 120 Å². The highest BCUT2D eigenvalue weighted by Crippen LogP contribution is 2.19. The molecule has 0 atom stereocenters. The second-order valence-corrected chi connectivity index (χ2v) is 5.03. The molecule has 0 amide bonds. The van der Waals surface area contributed by atoms with Crippen LogP contribution < -0.4 is 10.6 Å². The second kappa shape index (κ2) is 7.06. The van der Waals surface area contributed by atoms with Crippen LogP contribution in [-0.4, -0.2) is 13.1 Å². The van der Waals surface area contributed by atoms with E-state index in [0.717, 1.165) is 25.2 Å². The maximum atomic E-state index is 13.4. The smallest absolute Gasteiger partial charge is 0.125 e. The number of aryl methyl sites for hydroxylation is 1. The molecule has 0 bridgehead atoms. The van der Waals surface area contributed by atoms with Gasteiger partial charge in [0, 0.05) is 18.8 Å². The summed E-state index contributed by atoms with van der Waals surface area (Å²) in [6, 6.07) is 15.2. The van der Waals surface area contributed by atoms with E-state index in [9.17, 15) is 4.39 Å². The topological polar surface area (TPSA) is 29.3 Å². The van der Waals surface area contributed by atoms with Gasteiger partial charge in [-0.05, 0) is 43.7 Å². The fourth-order valence-electron chi connectivity index (χ4n) is 2.17. The van der Waals surface area contributed by atoms with E-state index >= 15 is 0 Å². The molecule has 0 radical (unpaired) electrons. The lowest BCUT2D eigenvalue weighted by molar-refractivity contribution is 0.625. The molecule has 0 saturated carbocycles. The van der Waals surface area contributed by atoms with Gasteiger partial charge in [-0.3, -0.25) is 0 Å². The van der Waals surface area contributed by atoms with E-state index in [1.165, 1.54) is 17.2 Å². The van der Waals surface area contributed by atoms with Crippen LogP contribution in [0, 0.1) is 12.7 Å². The van der Waals surface area contributed by atoms with Crippen molar-refractivity contribution < 1.29 is 4.39 Å². The van der Waals surface area contributed by atoms with Gasteiger partial charge in [-0.15, -0.1) is 0 Å². The number of halogens is 1. The van der Waals surface area contributed by atoms with Crippen LogP contribution in [0.2, 0.25) is 0 Å². The lowest BCUT2D eigenvalue weighted by atomic mass is 10.1. The molecular weight excluding hydrogens is 251 g/mol. The van der Waals surface area contributed by atoms with Gasteiger partial charge in [-0.25, -0.2) is 4.39 Å². The van der Waals surface area contributed by atoms with Gasteiger partial charge < -0.3 is 10.6 Å². The molecule has 0 unspecified atom stereocenters. The summed E-state index contributed by atoms with van der Waals surface area (Å²) in [6.07, 6.45) is 0.891. The van der Waals surface area contributed by atoms with Crippen LogP contribution in [0.5, 0.6) is 0 Å². The van der Waals surface area contributed by atoms with Gasteiger partial charge in [-0.1, -0.05) is 35.9 Å². The zero-order valence-electron chi connectivity index (χ0n) is 11.8. The largest absolute Gasteiger partial charge is 0.367 e. The van der Waals surface area contributed by atoms with E-state index in [1.807, 2.05) is 6.07 Å². The van der Waals surface area contributed by atoms with Crippen LogP contribution in [-0.2, 0) is 6.54 Å². The fourth-order valence-corrected chi connectivity index (χ4v) is 2.17. The molecule has 20 heavy (non-hydrogen) atoms. The third-order valence-electron chi connectivity index (χ3n) is 3.30. The molecular formula is C17H21FN2. The molecule has 0 heterocycles. The van der Waals surface area contributed by atoms with E-state index < -0.39 is 0 Å². The molecule has 0 aromatic heterocycles. The third-order valence-corrected chi connectivity index (χ3v) is 3.30. The van der Waals surface area contributed by atoms with Crippen molar-refractivity contribution in [3.63, 3.8) is 0 Å². The van der Waals surface area contributed by atoms with Crippen LogP contribution in [0.15, 0.2) is 48.5 Å². The molecule has 0 saturated heterocycles. The van der Waals surface area contributed by atoms with Gasteiger partial charge in [0.15, 0.2) is 0 Å². The van der Waals surface area contributed by atoms with E-state index in [-0.39, 0.29) is 5.82 Å². The second-order valence-electron chi connectivity index (χ2n) is 5.03. The van der Waals surface area contributed by atoms with Gasteiger partial charge in [0.05, 0.1) is 0 Å². The first-order valence-electron chi connectivity index (χ1n) is 6.95. The molecule has 0 aliphatic heterocycles. The molecule has 2 aromatic carbocycles. The molecule has 106 valence electrons. The minimum Gasteiger partial charge on any atom is -0.367 e. The molecule has 3 heteroatoms. The van der Waals surface area contributed by atoms with Crippen molar-refractivity contribution in [3.8, 4) is 0 Å². The normalized spacial score (nSPS) is 10.6. The molecule has 2 N–H and O–H groups in total. The summed E-state index contributed by atoms with van der Waals surface area (Å²) in [5, 5.41) is 0. The summed E-state index contributed by atoms with van der Waals surface area (Å²) in [5.41, 5.74) is 8.96. The highest BCUT2D eigenvalue weighted by atomic mass is 19.1. The number of hydrogen-bond donors (Lipinski definition) is 1. The number of anilines is 1. The minimum absolute atomic E-state index is 0.204. The minimum atomic E-state index is -0.204. The average molecular weight is 272 g/mol. The third kappa shape index (κ3) is 4.07. The Morgan fingerprint density at radius 1 is 1.10 bits per heavy atom. The van der Waals surface area contributed by atoms with Crippen LogP contribution in [0.25, 0.3) is 0 Å². The number of rotatable bonds is 6. The molecule has 2 nitrogen and oxygen atoms in total. The molecule has 0 aliphatic rings. The summed E-state index contributed by atoms with van der Waals surface area (Å²) in [7, 11) is 0. The lowest BCUT2D eigenvalue weighted by Crippen LogP contribution is -2.25. The lowest BCUT2D eigenvalue weighted by Gasteiger charge is -2.25. The number of benzene rings is 2. The predicted octanol–water partition coefficient (Wildman–Crippen LogP) is 3.49. The molecule has 0 fully saturated rings. The number of nitrogens with zero attached hydrogens (tertiary/aromatic N) is 1. The number of hydrogen-bond acceptors (Lipinski definition) is 2. The van der Waals surface area contributed by atoms with Crippen molar-refractivity contribution in [1.29, 1.82) is 0 Å². The summed E-state index contributed by atoms with van der Waals surface area (Å²) in [5.74, 6) is -0.204. The molecule has 2 aromatic rings. The Kier molecular flexibility index (Phi) is 5.13. The van der Waals surface area contributed by atoms with Crippen LogP contribution >= 0.6 is 0 Å². The summed E-state index contributed by atoms with van der Waals surface area (Å²) >= 11 is 0. The van der Waals surface area contributed by atoms with Crippen molar-refractivity contribution in [3.05, 3.63) is 65.5 Å². The van der Waals surface area contributed by atoms with Gasteiger partial charge >= 0.3 is 0 Å². The van der Waals surface area contributed by atoms with Crippen molar-refractivity contribution in [2.24, 2.45) is 5.73 Å². The van der Waals surface area contributed by atoms with Crippen molar-refractivity contribution >= 4 is 5.69 Å². The van der Waals surface area contributed by atoms with Gasteiger partial charge in [0.2, 0.25) is 0 Å². The van der Waals surface area contributed by atoms with Gasteiger partial charge in [0.25, 0.3) is 0 Å². The highest BCUT2D eigenvalue weighted by molar-refractivity contribution is 5.47. The van der Waals surface area contributed by atoms with Gasteiger partial charge in [-0.2, -0.15) is 0 Å². The molecule has 0 spiro atoms. The first kappa shape index (κ1) is 14.5. The summed E-state index contributed by atoms with van der Waals surface area (Å²) in [6.45, 7) is 4.31. The zero-order chi connectivity index (χ0) is 14.4. The Morgan fingerprint density at radius 3 is 2.50 bits per heavy atom. The van der Waals surface area contributed by atoms with Crippen molar-refractivity contribution in [2.45, 2.75) is 19.9 Å². The monoisotopic (exact) mass is 272 g/mol.